The lowest BCUT2D eigenvalue weighted by atomic mass is 10.1. The van der Waals surface area contributed by atoms with Gasteiger partial charge in [0.1, 0.15) is 17.4 Å². The molecule has 1 atom stereocenters. The van der Waals surface area contributed by atoms with Crippen LogP contribution in [0.25, 0.3) is 0 Å². The number of hydrogen-bond acceptors (Lipinski definition) is 8. The summed E-state index contributed by atoms with van der Waals surface area (Å²) in [5.41, 5.74) is -0.777. The molecule has 2 aromatic carbocycles. The number of methoxy groups -OCH3 is 1. The number of rotatable bonds is 7. The van der Waals surface area contributed by atoms with Crippen LogP contribution in [0.2, 0.25) is 0 Å². The zero-order chi connectivity index (χ0) is 22.0. The molecule has 2 amide bonds. The lowest BCUT2D eigenvalue weighted by molar-refractivity contribution is -0.385. The number of benzene rings is 2. The number of ether oxygens (including phenoxy) is 2. The Balaban J connectivity index is 1.71. The van der Waals surface area contributed by atoms with Crippen molar-refractivity contribution in [3.63, 3.8) is 0 Å². The Kier molecular flexibility index (Phi) is 5.58. The predicted octanol–water partition coefficient (Wildman–Crippen LogP) is 2.01. The van der Waals surface area contributed by atoms with Gasteiger partial charge in [0.25, 0.3) is 17.5 Å². The molecule has 10 heteroatoms. The van der Waals surface area contributed by atoms with Crippen LogP contribution in [0.1, 0.15) is 38.0 Å². The Bertz CT molecular complexity index is 1060. The third-order valence-electron chi connectivity index (χ3n) is 4.61. The Morgan fingerprint density at radius 3 is 2.37 bits per heavy atom. The first-order chi connectivity index (χ1) is 14.3. The maximum absolute atomic E-state index is 12.6. The summed E-state index contributed by atoms with van der Waals surface area (Å²) >= 11 is 0. The molecule has 0 unspecified atom stereocenters. The quantitative estimate of drug-likeness (QED) is 0.222. The van der Waals surface area contributed by atoms with Crippen molar-refractivity contribution < 1.29 is 33.6 Å². The topological polar surface area (TPSA) is 133 Å². The molecule has 0 aliphatic carbocycles. The van der Waals surface area contributed by atoms with Gasteiger partial charge in [-0.3, -0.25) is 29.4 Å². The van der Waals surface area contributed by atoms with Crippen LogP contribution in [0.4, 0.5) is 5.69 Å². The van der Waals surface area contributed by atoms with Gasteiger partial charge in [0.2, 0.25) is 0 Å². The Hall–Kier alpha value is -4.08. The highest BCUT2D eigenvalue weighted by molar-refractivity contribution is 6.24. The third-order valence-corrected chi connectivity index (χ3v) is 4.61. The van der Waals surface area contributed by atoms with E-state index in [0.29, 0.717) is 10.6 Å². The van der Waals surface area contributed by atoms with Gasteiger partial charge in [-0.25, -0.2) is 4.79 Å². The maximum atomic E-state index is 12.6. The van der Waals surface area contributed by atoms with Crippen LogP contribution >= 0.6 is 0 Å². The number of nitro benzene ring substituents is 1. The molecule has 0 saturated carbocycles. The van der Waals surface area contributed by atoms with Crippen molar-refractivity contribution in [2.75, 3.05) is 13.7 Å². The van der Waals surface area contributed by atoms with E-state index in [4.69, 9.17) is 9.47 Å². The number of hydrogen-bond donors (Lipinski definition) is 0. The lowest BCUT2D eigenvalue weighted by Crippen LogP contribution is -2.44. The molecule has 154 valence electrons. The molecule has 1 aliphatic rings. The molecule has 0 fully saturated rings. The number of fused-ring (bicyclic) bond motifs is 1. The van der Waals surface area contributed by atoms with Crippen LogP contribution < -0.4 is 4.74 Å². The Morgan fingerprint density at radius 2 is 1.77 bits per heavy atom. The smallest absolute Gasteiger partial charge is 0.329 e. The van der Waals surface area contributed by atoms with E-state index in [1.54, 1.807) is 12.1 Å². The highest BCUT2D eigenvalue weighted by Gasteiger charge is 2.45. The monoisotopic (exact) mass is 412 g/mol. The van der Waals surface area contributed by atoms with E-state index < -0.39 is 46.8 Å². The minimum atomic E-state index is -1.37. The highest BCUT2D eigenvalue weighted by atomic mass is 16.6. The molecule has 0 N–H and O–H groups in total. The maximum Gasteiger partial charge on any atom is 0.329 e. The highest BCUT2D eigenvalue weighted by Crippen LogP contribution is 2.32. The van der Waals surface area contributed by atoms with E-state index in [9.17, 15) is 29.3 Å². The largest absolute Gasteiger partial charge is 0.497 e. The van der Waals surface area contributed by atoms with E-state index in [-0.39, 0.29) is 16.7 Å². The summed E-state index contributed by atoms with van der Waals surface area (Å²) in [6.45, 7) is 0.645. The first kappa shape index (κ1) is 20.6. The molecule has 1 aliphatic heterocycles. The van der Waals surface area contributed by atoms with Crippen molar-refractivity contribution in [3.05, 3.63) is 69.3 Å². The standard InChI is InChI=1S/C20H16N2O8/c1-11(20(26)30-10-16(23)12-6-8-13(29-2)9-7-12)21-18(24)14-4-3-5-15(22(27)28)17(14)19(21)25/h3-9,11H,10H2,1-2H3/t11-/m1/s1. The second-order valence-electron chi connectivity index (χ2n) is 6.37. The van der Waals surface area contributed by atoms with Gasteiger partial charge in [0.15, 0.2) is 12.4 Å². The Morgan fingerprint density at radius 1 is 1.10 bits per heavy atom. The van der Waals surface area contributed by atoms with Crippen molar-refractivity contribution >= 4 is 29.3 Å². The van der Waals surface area contributed by atoms with Crippen LogP contribution in [0, 0.1) is 10.1 Å². The summed E-state index contributed by atoms with van der Waals surface area (Å²) < 4.78 is 9.96. The van der Waals surface area contributed by atoms with Crippen molar-refractivity contribution in [2.24, 2.45) is 0 Å². The van der Waals surface area contributed by atoms with E-state index in [1.807, 2.05) is 0 Å². The number of Topliss-reactive ketones (excluding diaryl/α,β-unsaturated/α-hetero) is 1. The minimum Gasteiger partial charge on any atom is -0.497 e. The molecular formula is C20H16N2O8. The van der Waals surface area contributed by atoms with Gasteiger partial charge in [-0.15, -0.1) is 0 Å². The molecule has 0 spiro atoms. The van der Waals surface area contributed by atoms with Gasteiger partial charge < -0.3 is 9.47 Å². The van der Waals surface area contributed by atoms with E-state index in [1.165, 1.54) is 38.3 Å². The summed E-state index contributed by atoms with van der Waals surface area (Å²) in [6.07, 6.45) is 0. The second-order valence-corrected chi connectivity index (χ2v) is 6.37. The van der Waals surface area contributed by atoms with Crippen LogP contribution in [0.3, 0.4) is 0 Å². The summed E-state index contributed by atoms with van der Waals surface area (Å²) in [7, 11) is 1.48. The fraction of sp³-hybridized carbons (Fsp3) is 0.200. The van der Waals surface area contributed by atoms with E-state index in [0.717, 1.165) is 6.07 Å². The lowest BCUT2D eigenvalue weighted by Gasteiger charge is -2.20. The van der Waals surface area contributed by atoms with E-state index in [2.05, 4.69) is 0 Å². The van der Waals surface area contributed by atoms with Gasteiger partial charge in [-0.2, -0.15) is 0 Å². The second kappa shape index (κ2) is 8.11. The average Bonchev–Trinajstić information content (AvgIpc) is 3.01. The number of carbonyl (C=O) groups is 4. The van der Waals surface area contributed by atoms with Crippen molar-refractivity contribution in [1.82, 2.24) is 4.90 Å². The fourth-order valence-corrected chi connectivity index (χ4v) is 3.01. The summed E-state index contributed by atoms with van der Waals surface area (Å²) in [6, 6.07) is 8.43. The first-order valence-corrected chi connectivity index (χ1v) is 8.75. The molecule has 2 aromatic rings. The zero-order valence-corrected chi connectivity index (χ0v) is 16.0. The number of amides is 2. The summed E-state index contributed by atoms with van der Waals surface area (Å²) in [5, 5.41) is 11.2. The summed E-state index contributed by atoms with van der Waals surface area (Å²) in [5.74, 6) is -2.74. The molecule has 0 bridgehead atoms. The van der Waals surface area contributed by atoms with Crippen LogP contribution in [0.5, 0.6) is 5.75 Å². The molecule has 10 nitrogen and oxygen atoms in total. The first-order valence-electron chi connectivity index (χ1n) is 8.75. The van der Waals surface area contributed by atoms with Gasteiger partial charge in [-0.05, 0) is 37.3 Å². The number of nitro groups is 1. The number of esters is 1. The zero-order valence-electron chi connectivity index (χ0n) is 16.0. The SMILES string of the molecule is COc1ccc(C(=O)COC(=O)[C@@H](C)N2C(=O)c3cccc([N+](=O)[O-])c3C2=O)cc1. The van der Waals surface area contributed by atoms with Crippen LogP contribution in [-0.2, 0) is 9.53 Å². The normalized spacial score (nSPS) is 13.6. The van der Waals surface area contributed by atoms with Gasteiger partial charge >= 0.3 is 5.97 Å². The van der Waals surface area contributed by atoms with E-state index >= 15 is 0 Å². The van der Waals surface area contributed by atoms with Crippen LogP contribution in [-0.4, -0.2) is 53.1 Å². The molecular weight excluding hydrogens is 396 g/mol. The molecule has 0 saturated heterocycles. The Labute approximate surface area is 170 Å². The van der Waals surface area contributed by atoms with Crippen LogP contribution in [0.15, 0.2) is 42.5 Å². The fourth-order valence-electron chi connectivity index (χ4n) is 3.01. The van der Waals surface area contributed by atoms with Crippen molar-refractivity contribution in [2.45, 2.75) is 13.0 Å². The average molecular weight is 412 g/mol. The molecule has 0 radical (unpaired) electrons. The molecule has 1 heterocycles. The molecule has 30 heavy (non-hydrogen) atoms. The number of imide groups is 1. The van der Waals surface area contributed by atoms with Gasteiger partial charge in [0, 0.05) is 11.6 Å². The predicted molar refractivity (Wildman–Crippen MR) is 101 cm³/mol. The number of nitrogens with zero attached hydrogens (tertiary/aromatic N) is 2. The molecule has 3 rings (SSSR count). The summed E-state index contributed by atoms with van der Waals surface area (Å²) in [4.78, 5) is 60.7. The third kappa shape index (κ3) is 3.62. The minimum absolute atomic E-state index is 0.164. The molecule has 0 aromatic heterocycles. The van der Waals surface area contributed by atoms with Crippen molar-refractivity contribution in [3.8, 4) is 5.75 Å². The van der Waals surface area contributed by atoms with Gasteiger partial charge in [0.05, 0.1) is 17.6 Å². The number of carbonyl (C=O) groups excluding carboxylic acids is 4. The van der Waals surface area contributed by atoms with Crippen molar-refractivity contribution in [1.29, 1.82) is 0 Å². The van der Waals surface area contributed by atoms with Gasteiger partial charge in [-0.1, -0.05) is 6.07 Å². The number of ketones is 1.